The lowest BCUT2D eigenvalue weighted by molar-refractivity contribution is -0.00823. The second-order valence-electron chi connectivity index (χ2n) is 3.07. The van der Waals surface area contributed by atoms with Gasteiger partial charge in [0.25, 0.3) is 0 Å². The summed E-state index contributed by atoms with van der Waals surface area (Å²) in [7, 11) is 0. The van der Waals surface area contributed by atoms with E-state index in [9.17, 15) is 9.90 Å². The van der Waals surface area contributed by atoms with E-state index >= 15 is 0 Å². The van der Waals surface area contributed by atoms with Crippen molar-refractivity contribution >= 4 is 18.5 Å². The van der Waals surface area contributed by atoms with E-state index in [0.717, 1.165) is 0 Å². The predicted molar refractivity (Wildman–Crippen MR) is 54.6 cm³/mol. The van der Waals surface area contributed by atoms with E-state index in [1.165, 1.54) is 6.08 Å². The Morgan fingerprint density at radius 2 is 2.36 bits per heavy atom. The SMILES string of the molecule is C=CCOC(=O)NCC1(O)CNC1.Cl. The third kappa shape index (κ3) is 3.95. The normalized spacial score (nSPS) is 17.2. The molecule has 0 saturated carbocycles. The lowest BCUT2D eigenvalue weighted by Crippen LogP contribution is -2.64. The Morgan fingerprint density at radius 3 is 2.79 bits per heavy atom. The molecule has 1 rings (SSSR count). The molecule has 0 bridgehead atoms. The first-order valence-electron chi connectivity index (χ1n) is 4.11. The van der Waals surface area contributed by atoms with E-state index in [1.54, 1.807) is 0 Å². The molecule has 0 atom stereocenters. The Labute approximate surface area is 88.9 Å². The van der Waals surface area contributed by atoms with Crippen LogP contribution in [0.2, 0.25) is 0 Å². The fourth-order valence-electron chi connectivity index (χ4n) is 0.961. The van der Waals surface area contributed by atoms with E-state index in [2.05, 4.69) is 21.9 Å². The number of alkyl carbamates (subject to hydrolysis) is 1. The summed E-state index contributed by atoms with van der Waals surface area (Å²) in [6.07, 6.45) is 0.958. The highest BCUT2D eigenvalue weighted by Crippen LogP contribution is 2.07. The minimum absolute atomic E-state index is 0. The fourth-order valence-corrected chi connectivity index (χ4v) is 0.961. The molecule has 3 N–H and O–H groups in total. The molecule has 82 valence electrons. The molecule has 0 aromatic carbocycles. The minimum Gasteiger partial charge on any atom is -0.445 e. The summed E-state index contributed by atoms with van der Waals surface area (Å²) in [5, 5.41) is 14.9. The molecule has 0 unspecified atom stereocenters. The van der Waals surface area contributed by atoms with Crippen LogP contribution in [0.4, 0.5) is 4.79 Å². The van der Waals surface area contributed by atoms with Gasteiger partial charge in [-0.1, -0.05) is 12.7 Å². The Hall–Kier alpha value is -0.780. The van der Waals surface area contributed by atoms with Crippen molar-refractivity contribution in [3.63, 3.8) is 0 Å². The molecule has 1 aliphatic heterocycles. The van der Waals surface area contributed by atoms with Gasteiger partial charge in [0, 0.05) is 13.1 Å². The van der Waals surface area contributed by atoms with Crippen molar-refractivity contribution in [3.8, 4) is 0 Å². The van der Waals surface area contributed by atoms with Gasteiger partial charge in [-0.3, -0.25) is 0 Å². The summed E-state index contributed by atoms with van der Waals surface area (Å²) >= 11 is 0. The molecule has 1 heterocycles. The van der Waals surface area contributed by atoms with Crippen molar-refractivity contribution in [1.82, 2.24) is 10.6 Å². The van der Waals surface area contributed by atoms with Gasteiger partial charge in [-0.25, -0.2) is 4.79 Å². The Balaban J connectivity index is 0.00000169. The van der Waals surface area contributed by atoms with E-state index in [0.29, 0.717) is 13.1 Å². The molecule has 0 aromatic heterocycles. The second-order valence-corrected chi connectivity index (χ2v) is 3.07. The molecule has 5 nitrogen and oxygen atoms in total. The van der Waals surface area contributed by atoms with Crippen LogP contribution in [0.1, 0.15) is 0 Å². The van der Waals surface area contributed by atoms with Gasteiger partial charge in [0.2, 0.25) is 0 Å². The van der Waals surface area contributed by atoms with Crippen LogP contribution in [0.3, 0.4) is 0 Å². The van der Waals surface area contributed by atoms with Crippen molar-refractivity contribution in [3.05, 3.63) is 12.7 Å². The number of hydrogen-bond acceptors (Lipinski definition) is 4. The molecule has 0 aromatic rings. The standard InChI is InChI=1S/C8H14N2O3.ClH/c1-2-3-13-7(11)10-6-8(12)4-9-5-8;/h2,9,12H,1,3-6H2,(H,10,11);1H. The maximum absolute atomic E-state index is 10.9. The lowest BCUT2D eigenvalue weighted by Gasteiger charge is -2.37. The number of β-amino-alcohol motifs (C(OH)–C–C–N with tert-alkyl or cyclic N) is 1. The van der Waals surface area contributed by atoms with E-state index in [1.807, 2.05) is 0 Å². The highest BCUT2D eigenvalue weighted by atomic mass is 35.5. The van der Waals surface area contributed by atoms with Gasteiger partial charge in [-0.05, 0) is 0 Å². The largest absolute Gasteiger partial charge is 0.445 e. The van der Waals surface area contributed by atoms with Crippen LogP contribution in [-0.4, -0.2) is 43.0 Å². The summed E-state index contributed by atoms with van der Waals surface area (Å²) in [5.74, 6) is 0. The number of carbonyl (C=O) groups is 1. The Bertz CT molecular complexity index is 207. The second kappa shape index (κ2) is 5.85. The number of nitrogens with one attached hydrogen (secondary N) is 2. The number of ether oxygens (including phenoxy) is 1. The molecule has 0 aliphatic carbocycles. The zero-order valence-electron chi connectivity index (χ0n) is 7.78. The van der Waals surface area contributed by atoms with Crippen LogP contribution in [0.5, 0.6) is 0 Å². The van der Waals surface area contributed by atoms with Gasteiger partial charge < -0.3 is 20.5 Å². The summed E-state index contributed by atoms with van der Waals surface area (Å²) in [6, 6.07) is 0. The first kappa shape index (κ1) is 13.2. The van der Waals surface area contributed by atoms with Gasteiger partial charge in [0.1, 0.15) is 12.2 Å². The molecular formula is C8H15ClN2O3. The minimum atomic E-state index is -0.798. The maximum atomic E-state index is 10.9. The summed E-state index contributed by atoms with van der Waals surface area (Å²) in [4.78, 5) is 10.9. The molecule has 0 spiro atoms. The fraction of sp³-hybridized carbons (Fsp3) is 0.625. The molecule has 0 radical (unpaired) electrons. The van der Waals surface area contributed by atoms with Crippen LogP contribution in [0.15, 0.2) is 12.7 Å². The molecular weight excluding hydrogens is 208 g/mol. The highest BCUT2D eigenvalue weighted by molar-refractivity contribution is 5.85. The van der Waals surface area contributed by atoms with Crippen LogP contribution in [0, 0.1) is 0 Å². The average Bonchev–Trinajstić information content (AvgIpc) is 2.08. The van der Waals surface area contributed by atoms with Crippen LogP contribution in [-0.2, 0) is 4.74 Å². The number of amides is 1. The van der Waals surface area contributed by atoms with Crippen molar-refractivity contribution in [2.45, 2.75) is 5.60 Å². The van der Waals surface area contributed by atoms with E-state index < -0.39 is 11.7 Å². The molecule has 6 heteroatoms. The third-order valence-electron chi connectivity index (χ3n) is 1.80. The number of hydrogen-bond donors (Lipinski definition) is 3. The molecule has 1 aliphatic rings. The molecule has 1 saturated heterocycles. The third-order valence-corrected chi connectivity index (χ3v) is 1.80. The molecule has 1 fully saturated rings. The van der Waals surface area contributed by atoms with Crippen LogP contribution in [0.25, 0.3) is 0 Å². The zero-order valence-corrected chi connectivity index (χ0v) is 8.60. The summed E-state index contributed by atoms with van der Waals surface area (Å²) < 4.78 is 4.66. The van der Waals surface area contributed by atoms with Crippen molar-refractivity contribution in [2.75, 3.05) is 26.2 Å². The quantitative estimate of drug-likeness (QED) is 0.569. The first-order valence-corrected chi connectivity index (χ1v) is 4.11. The van der Waals surface area contributed by atoms with Gasteiger partial charge in [0.05, 0.1) is 6.54 Å². The Kier molecular flexibility index (Phi) is 5.52. The van der Waals surface area contributed by atoms with E-state index in [4.69, 9.17) is 0 Å². The predicted octanol–water partition coefficient (Wildman–Crippen LogP) is -0.345. The summed E-state index contributed by atoms with van der Waals surface area (Å²) in [5.41, 5.74) is -0.798. The number of rotatable bonds is 4. The number of halogens is 1. The highest BCUT2D eigenvalue weighted by Gasteiger charge is 2.34. The van der Waals surface area contributed by atoms with Crippen molar-refractivity contribution in [2.24, 2.45) is 0 Å². The first-order chi connectivity index (χ1) is 6.16. The average molecular weight is 223 g/mol. The Morgan fingerprint density at radius 1 is 1.71 bits per heavy atom. The van der Waals surface area contributed by atoms with E-state index in [-0.39, 0.29) is 25.6 Å². The monoisotopic (exact) mass is 222 g/mol. The van der Waals surface area contributed by atoms with Crippen molar-refractivity contribution in [1.29, 1.82) is 0 Å². The summed E-state index contributed by atoms with van der Waals surface area (Å²) in [6.45, 7) is 4.82. The van der Waals surface area contributed by atoms with Crippen LogP contribution < -0.4 is 10.6 Å². The number of aliphatic hydroxyl groups is 1. The van der Waals surface area contributed by atoms with Gasteiger partial charge in [-0.2, -0.15) is 0 Å². The maximum Gasteiger partial charge on any atom is 0.407 e. The van der Waals surface area contributed by atoms with Gasteiger partial charge >= 0.3 is 6.09 Å². The topological polar surface area (TPSA) is 70.6 Å². The van der Waals surface area contributed by atoms with Crippen LogP contribution >= 0.6 is 12.4 Å². The van der Waals surface area contributed by atoms with Crippen molar-refractivity contribution < 1.29 is 14.6 Å². The smallest absolute Gasteiger partial charge is 0.407 e. The molecule has 1 amide bonds. The lowest BCUT2D eigenvalue weighted by atomic mass is 9.98. The zero-order chi connectivity index (χ0) is 9.73. The molecule has 14 heavy (non-hydrogen) atoms. The van der Waals surface area contributed by atoms with Gasteiger partial charge in [0.15, 0.2) is 0 Å². The van der Waals surface area contributed by atoms with Gasteiger partial charge in [-0.15, -0.1) is 12.4 Å². The number of carbonyl (C=O) groups excluding carboxylic acids is 1.